The van der Waals surface area contributed by atoms with Crippen molar-refractivity contribution >= 4 is 17.9 Å². The first-order chi connectivity index (χ1) is 33.4. The minimum absolute atomic E-state index is 0.0614. The molecule has 0 radical (unpaired) electrons. The zero-order valence-electron chi connectivity index (χ0n) is 46.6. The number of esters is 3. The van der Waals surface area contributed by atoms with Crippen molar-refractivity contribution in [3.05, 3.63) is 0 Å². The van der Waals surface area contributed by atoms with Crippen LogP contribution in [0.3, 0.4) is 0 Å². The van der Waals surface area contributed by atoms with Crippen LogP contribution in [0.15, 0.2) is 0 Å². The fourth-order valence-corrected chi connectivity index (χ4v) is 9.63. The molecule has 0 heterocycles. The zero-order chi connectivity index (χ0) is 49.5. The number of hydrogen-bond donors (Lipinski definition) is 0. The third kappa shape index (κ3) is 55.3. The fraction of sp³-hybridized carbons (Fsp3) is 0.952. The lowest BCUT2D eigenvalue weighted by Crippen LogP contribution is -2.30. The van der Waals surface area contributed by atoms with Gasteiger partial charge in [0.05, 0.1) is 0 Å². The Bertz CT molecular complexity index is 1030. The van der Waals surface area contributed by atoms with Gasteiger partial charge < -0.3 is 14.2 Å². The third-order valence-electron chi connectivity index (χ3n) is 14.3. The summed E-state index contributed by atoms with van der Waals surface area (Å²) in [6.07, 6.45) is 62.4. The summed E-state index contributed by atoms with van der Waals surface area (Å²) in [5.41, 5.74) is 0. The zero-order valence-corrected chi connectivity index (χ0v) is 46.6. The molecular weight excluding hydrogens is 841 g/mol. The standard InChI is InChI=1S/C62H120O6/c1-5-7-9-11-13-15-17-19-21-22-23-24-25-31-35-39-43-47-51-55-62(65)68-59(56-66-60(63)53-49-45-41-37-33-29-20-18-16-14-12-10-8-6-2)57-67-61(64)54-50-46-42-38-34-30-27-26-28-32-36-40-44-48-52-58(3)4/h58-59H,5-57H2,1-4H3/t59-/m0/s1. The minimum Gasteiger partial charge on any atom is -0.462 e. The molecule has 0 bridgehead atoms. The summed E-state index contributed by atoms with van der Waals surface area (Å²) in [6, 6.07) is 0. The van der Waals surface area contributed by atoms with Gasteiger partial charge in [-0.3, -0.25) is 14.4 Å². The second-order valence-corrected chi connectivity index (χ2v) is 21.8. The van der Waals surface area contributed by atoms with E-state index >= 15 is 0 Å². The van der Waals surface area contributed by atoms with Crippen molar-refractivity contribution < 1.29 is 28.6 Å². The summed E-state index contributed by atoms with van der Waals surface area (Å²) in [5, 5.41) is 0. The lowest BCUT2D eigenvalue weighted by atomic mass is 10.0. The van der Waals surface area contributed by atoms with E-state index in [0.29, 0.717) is 19.3 Å². The minimum atomic E-state index is -0.762. The van der Waals surface area contributed by atoms with E-state index in [9.17, 15) is 14.4 Å². The van der Waals surface area contributed by atoms with Gasteiger partial charge in [0.25, 0.3) is 0 Å². The maximum Gasteiger partial charge on any atom is 0.306 e. The van der Waals surface area contributed by atoms with Crippen LogP contribution in [-0.4, -0.2) is 37.2 Å². The predicted octanol–water partition coefficient (Wildman–Crippen LogP) is 20.6. The van der Waals surface area contributed by atoms with Crippen molar-refractivity contribution in [3.63, 3.8) is 0 Å². The molecule has 0 unspecified atom stereocenters. The molecule has 0 saturated carbocycles. The third-order valence-corrected chi connectivity index (χ3v) is 14.3. The average molecular weight is 962 g/mol. The molecular formula is C62H120O6. The number of rotatable bonds is 57. The molecule has 0 aromatic carbocycles. The number of unbranched alkanes of at least 4 members (excludes halogenated alkanes) is 44. The molecule has 0 aliphatic rings. The van der Waals surface area contributed by atoms with Crippen LogP contribution in [0.2, 0.25) is 0 Å². The molecule has 0 aliphatic carbocycles. The van der Waals surface area contributed by atoms with Crippen LogP contribution in [0, 0.1) is 5.92 Å². The molecule has 0 rings (SSSR count). The van der Waals surface area contributed by atoms with E-state index in [1.165, 1.54) is 250 Å². The molecule has 6 nitrogen and oxygen atoms in total. The largest absolute Gasteiger partial charge is 0.462 e. The highest BCUT2D eigenvalue weighted by molar-refractivity contribution is 5.71. The molecule has 68 heavy (non-hydrogen) atoms. The smallest absolute Gasteiger partial charge is 0.306 e. The van der Waals surface area contributed by atoms with E-state index in [4.69, 9.17) is 14.2 Å². The Balaban J connectivity index is 4.28. The Morgan fingerprint density at radius 3 is 0.721 bits per heavy atom. The number of hydrogen-bond acceptors (Lipinski definition) is 6. The average Bonchev–Trinajstić information content (AvgIpc) is 3.32. The van der Waals surface area contributed by atoms with Gasteiger partial charge in [-0.25, -0.2) is 0 Å². The van der Waals surface area contributed by atoms with Gasteiger partial charge in [0.2, 0.25) is 0 Å². The lowest BCUT2D eigenvalue weighted by Gasteiger charge is -2.18. The topological polar surface area (TPSA) is 78.9 Å². The van der Waals surface area contributed by atoms with E-state index in [1.54, 1.807) is 0 Å². The molecule has 0 amide bonds. The van der Waals surface area contributed by atoms with Gasteiger partial charge in [-0.15, -0.1) is 0 Å². The molecule has 0 fully saturated rings. The molecule has 6 heteroatoms. The SMILES string of the molecule is CCCCCCCCCCCCCCCCCCCCCC(=O)O[C@@H](COC(=O)CCCCCCCCCCCCCCCC)COC(=O)CCCCCCCCCCCCCCCCC(C)C. The second kappa shape index (κ2) is 56.3. The maximum absolute atomic E-state index is 12.9. The summed E-state index contributed by atoms with van der Waals surface area (Å²) < 4.78 is 16.9. The van der Waals surface area contributed by atoms with E-state index in [2.05, 4.69) is 27.7 Å². The van der Waals surface area contributed by atoms with Gasteiger partial charge in [-0.1, -0.05) is 317 Å². The van der Waals surface area contributed by atoms with Gasteiger partial charge in [-0.05, 0) is 25.2 Å². The van der Waals surface area contributed by atoms with Crippen molar-refractivity contribution in [1.29, 1.82) is 0 Å². The summed E-state index contributed by atoms with van der Waals surface area (Å²) in [7, 11) is 0. The van der Waals surface area contributed by atoms with Crippen LogP contribution in [0.25, 0.3) is 0 Å². The normalized spacial score (nSPS) is 12.0. The highest BCUT2D eigenvalue weighted by atomic mass is 16.6. The number of ether oxygens (including phenoxy) is 3. The van der Waals surface area contributed by atoms with Crippen LogP contribution in [0.4, 0.5) is 0 Å². The van der Waals surface area contributed by atoms with Crippen molar-refractivity contribution in [3.8, 4) is 0 Å². The van der Waals surface area contributed by atoms with Gasteiger partial charge >= 0.3 is 17.9 Å². The van der Waals surface area contributed by atoms with Crippen LogP contribution < -0.4 is 0 Å². The molecule has 0 aromatic rings. The van der Waals surface area contributed by atoms with Crippen LogP contribution in [0.5, 0.6) is 0 Å². The molecule has 0 spiro atoms. The van der Waals surface area contributed by atoms with Crippen LogP contribution in [-0.2, 0) is 28.6 Å². The molecule has 0 aromatic heterocycles. The maximum atomic E-state index is 12.9. The molecule has 0 aliphatic heterocycles. The van der Waals surface area contributed by atoms with Crippen LogP contribution >= 0.6 is 0 Å². The molecule has 0 N–H and O–H groups in total. The van der Waals surface area contributed by atoms with Gasteiger partial charge in [0.1, 0.15) is 13.2 Å². The first-order valence-electron chi connectivity index (χ1n) is 30.9. The Labute approximate surface area is 425 Å². The second-order valence-electron chi connectivity index (χ2n) is 21.8. The number of carbonyl (C=O) groups is 3. The lowest BCUT2D eigenvalue weighted by molar-refractivity contribution is -0.167. The van der Waals surface area contributed by atoms with E-state index in [-0.39, 0.29) is 31.1 Å². The molecule has 1 atom stereocenters. The fourth-order valence-electron chi connectivity index (χ4n) is 9.63. The molecule has 0 saturated heterocycles. The first-order valence-corrected chi connectivity index (χ1v) is 30.9. The highest BCUT2D eigenvalue weighted by Crippen LogP contribution is 2.18. The van der Waals surface area contributed by atoms with Crippen molar-refractivity contribution in [2.24, 2.45) is 5.92 Å². The monoisotopic (exact) mass is 961 g/mol. The van der Waals surface area contributed by atoms with Crippen molar-refractivity contribution in [2.75, 3.05) is 13.2 Å². The Hall–Kier alpha value is -1.59. The first kappa shape index (κ1) is 66.4. The Kier molecular flexibility index (Phi) is 55.0. The Morgan fingerprint density at radius 2 is 0.485 bits per heavy atom. The highest BCUT2D eigenvalue weighted by Gasteiger charge is 2.19. The molecule has 404 valence electrons. The van der Waals surface area contributed by atoms with Crippen molar-refractivity contribution in [2.45, 2.75) is 361 Å². The van der Waals surface area contributed by atoms with E-state index in [0.717, 1.165) is 63.7 Å². The quantitative estimate of drug-likeness (QED) is 0.0343. The predicted molar refractivity (Wildman–Crippen MR) is 293 cm³/mol. The van der Waals surface area contributed by atoms with E-state index in [1.807, 2.05) is 0 Å². The Morgan fingerprint density at radius 1 is 0.279 bits per heavy atom. The number of carbonyl (C=O) groups excluding carboxylic acids is 3. The summed E-state index contributed by atoms with van der Waals surface area (Å²) in [5.74, 6) is 0.0146. The van der Waals surface area contributed by atoms with Crippen LogP contribution in [0.1, 0.15) is 355 Å². The van der Waals surface area contributed by atoms with Gasteiger partial charge in [0, 0.05) is 19.3 Å². The van der Waals surface area contributed by atoms with Gasteiger partial charge in [0.15, 0.2) is 6.10 Å². The summed E-state index contributed by atoms with van der Waals surface area (Å²) >= 11 is 0. The van der Waals surface area contributed by atoms with Gasteiger partial charge in [-0.2, -0.15) is 0 Å². The summed E-state index contributed by atoms with van der Waals surface area (Å²) in [4.78, 5) is 38.2. The van der Waals surface area contributed by atoms with Crippen molar-refractivity contribution in [1.82, 2.24) is 0 Å². The van der Waals surface area contributed by atoms with E-state index < -0.39 is 6.10 Å². The summed E-state index contributed by atoms with van der Waals surface area (Å²) in [6.45, 7) is 9.08.